The zero-order chi connectivity index (χ0) is 38.9. The second kappa shape index (κ2) is 11.7. The second-order valence-corrected chi connectivity index (χ2v) is 17.1. The number of para-hydroxylation sites is 4. The number of benzene rings is 7. The van der Waals surface area contributed by atoms with Crippen molar-refractivity contribution in [1.29, 1.82) is 0 Å². The molecule has 0 atom stereocenters. The minimum atomic E-state index is 0.0206. The van der Waals surface area contributed by atoms with Crippen LogP contribution in [0.25, 0.3) is 100.0 Å². The minimum absolute atomic E-state index is 0.0206. The van der Waals surface area contributed by atoms with Crippen LogP contribution in [0.3, 0.4) is 0 Å². The minimum Gasteiger partial charge on any atom is -0.455 e. The zero-order valence-corrected chi connectivity index (χ0v) is 32.8. The van der Waals surface area contributed by atoms with E-state index in [-0.39, 0.29) is 10.8 Å². The predicted molar refractivity (Wildman–Crippen MR) is 237 cm³/mol. The smallest absolute Gasteiger partial charge is 0.238 e. The Labute approximate surface area is 335 Å². The fraction of sp³-hybridized carbons (Fsp3) is 0.135. The first kappa shape index (κ1) is 33.1. The van der Waals surface area contributed by atoms with E-state index in [0.717, 1.165) is 55.9 Å². The van der Waals surface area contributed by atoms with E-state index < -0.39 is 0 Å². The molecule has 6 nitrogen and oxygen atoms in total. The SMILES string of the molecule is CC1(C)CC(C)(C)c2c(-n3c4ccccc4c4c5c6ccccc6n(-c6nc(-c7ccccc7)nc(-c7cccc8c7oc7ccccc78)n6)c5ccc43)cccc21. The van der Waals surface area contributed by atoms with E-state index in [1.54, 1.807) is 0 Å². The van der Waals surface area contributed by atoms with Gasteiger partial charge in [-0.25, -0.2) is 4.98 Å². The second-order valence-electron chi connectivity index (χ2n) is 17.1. The molecule has 0 fully saturated rings. The van der Waals surface area contributed by atoms with E-state index in [4.69, 9.17) is 19.4 Å². The largest absolute Gasteiger partial charge is 0.455 e. The lowest BCUT2D eigenvalue weighted by Crippen LogP contribution is -2.18. The van der Waals surface area contributed by atoms with Crippen LogP contribution in [0.4, 0.5) is 0 Å². The number of nitrogens with zero attached hydrogens (tertiary/aromatic N) is 5. The molecule has 0 amide bonds. The highest BCUT2D eigenvalue weighted by atomic mass is 16.3. The Morgan fingerprint density at radius 2 is 1.09 bits per heavy atom. The first-order chi connectivity index (χ1) is 28.3. The number of furan rings is 1. The third-order valence-electron chi connectivity index (χ3n) is 12.5. The Balaban J connectivity index is 1.17. The van der Waals surface area contributed by atoms with Gasteiger partial charge in [-0.1, -0.05) is 137 Å². The molecule has 0 N–H and O–H groups in total. The monoisotopic (exact) mass is 749 g/mol. The quantitative estimate of drug-likeness (QED) is 0.180. The zero-order valence-electron chi connectivity index (χ0n) is 32.8. The predicted octanol–water partition coefficient (Wildman–Crippen LogP) is 13.3. The standard InChI is InChI=1S/C52H39N5O/c1-51(2)30-52(3,4)46-37(51)23-15-26-42(46)56-38-24-11-8-19-34(38)44-40(56)28-29-41-45(44)35-20-9-12-25-39(35)57(41)50-54-48(31-16-6-5-7-17-31)53-49(55-50)36-22-14-21-33-32-18-10-13-27-43(32)58-47(33)36/h5-29H,30H2,1-4H3. The van der Waals surface area contributed by atoms with E-state index in [2.05, 4.69) is 146 Å². The van der Waals surface area contributed by atoms with E-state index in [0.29, 0.717) is 17.6 Å². The molecule has 0 spiro atoms. The van der Waals surface area contributed by atoms with Gasteiger partial charge in [0.05, 0.1) is 33.3 Å². The first-order valence-corrected chi connectivity index (χ1v) is 20.1. The number of aromatic nitrogens is 5. The maximum Gasteiger partial charge on any atom is 0.238 e. The molecular formula is C52H39N5O. The average molecular weight is 750 g/mol. The van der Waals surface area contributed by atoms with Crippen molar-refractivity contribution in [2.75, 3.05) is 0 Å². The van der Waals surface area contributed by atoms with Gasteiger partial charge in [0.2, 0.25) is 5.95 Å². The van der Waals surface area contributed by atoms with E-state index >= 15 is 0 Å². The summed E-state index contributed by atoms with van der Waals surface area (Å²) in [5.41, 5.74) is 12.0. The fourth-order valence-electron chi connectivity index (χ4n) is 10.5. The molecule has 278 valence electrons. The van der Waals surface area contributed by atoms with Crippen molar-refractivity contribution in [3.05, 3.63) is 163 Å². The number of rotatable bonds is 4. The van der Waals surface area contributed by atoms with Gasteiger partial charge < -0.3 is 8.98 Å². The van der Waals surface area contributed by atoms with Crippen molar-refractivity contribution < 1.29 is 4.42 Å². The third-order valence-corrected chi connectivity index (χ3v) is 12.5. The average Bonchev–Trinajstić information content (AvgIpc) is 3.95. The van der Waals surface area contributed by atoms with Gasteiger partial charge in [-0.15, -0.1) is 0 Å². The van der Waals surface area contributed by atoms with Crippen LogP contribution in [-0.4, -0.2) is 24.1 Å². The molecule has 11 aromatic rings. The van der Waals surface area contributed by atoms with Gasteiger partial charge in [0.1, 0.15) is 11.2 Å². The van der Waals surface area contributed by atoms with Crippen molar-refractivity contribution >= 4 is 65.6 Å². The Morgan fingerprint density at radius 1 is 0.483 bits per heavy atom. The summed E-state index contributed by atoms with van der Waals surface area (Å²) in [5, 5.41) is 6.86. The van der Waals surface area contributed by atoms with Crippen molar-refractivity contribution in [2.45, 2.75) is 44.9 Å². The molecule has 6 heteroatoms. The number of hydrogen-bond acceptors (Lipinski definition) is 4. The summed E-state index contributed by atoms with van der Waals surface area (Å²) >= 11 is 0. The van der Waals surface area contributed by atoms with Crippen molar-refractivity contribution in [3.8, 4) is 34.4 Å². The van der Waals surface area contributed by atoms with Crippen molar-refractivity contribution in [3.63, 3.8) is 0 Å². The molecule has 4 aromatic heterocycles. The van der Waals surface area contributed by atoms with Crippen LogP contribution in [0.2, 0.25) is 0 Å². The molecule has 0 saturated heterocycles. The normalized spacial score (nSPS) is 14.8. The molecular weight excluding hydrogens is 711 g/mol. The van der Waals surface area contributed by atoms with Crippen LogP contribution < -0.4 is 0 Å². The van der Waals surface area contributed by atoms with E-state index in [9.17, 15) is 0 Å². The van der Waals surface area contributed by atoms with Gasteiger partial charge in [-0.05, 0) is 70.8 Å². The van der Waals surface area contributed by atoms with Crippen LogP contribution in [0, 0.1) is 0 Å². The third kappa shape index (κ3) is 4.57. The molecule has 1 aliphatic rings. The Kier molecular flexibility index (Phi) is 6.71. The van der Waals surface area contributed by atoms with Crippen molar-refractivity contribution in [2.24, 2.45) is 0 Å². The van der Waals surface area contributed by atoms with Crippen LogP contribution in [0.1, 0.15) is 45.2 Å². The molecule has 0 radical (unpaired) electrons. The van der Waals surface area contributed by atoms with Gasteiger partial charge in [-0.2, -0.15) is 9.97 Å². The molecule has 0 aliphatic heterocycles. The number of hydrogen-bond donors (Lipinski definition) is 0. The summed E-state index contributed by atoms with van der Waals surface area (Å²) in [7, 11) is 0. The lowest BCUT2D eigenvalue weighted by Gasteiger charge is -2.24. The van der Waals surface area contributed by atoms with Gasteiger partial charge in [0.15, 0.2) is 11.6 Å². The van der Waals surface area contributed by atoms with Gasteiger partial charge in [0.25, 0.3) is 0 Å². The Bertz CT molecular complexity index is 3490. The molecule has 4 heterocycles. The van der Waals surface area contributed by atoms with Crippen LogP contribution in [0.15, 0.2) is 156 Å². The first-order valence-electron chi connectivity index (χ1n) is 20.1. The molecule has 7 aromatic carbocycles. The van der Waals surface area contributed by atoms with Gasteiger partial charge in [-0.3, -0.25) is 4.57 Å². The molecule has 58 heavy (non-hydrogen) atoms. The van der Waals surface area contributed by atoms with Gasteiger partial charge >= 0.3 is 0 Å². The summed E-state index contributed by atoms with van der Waals surface area (Å²) in [6.07, 6.45) is 1.10. The van der Waals surface area contributed by atoms with Crippen molar-refractivity contribution in [1.82, 2.24) is 24.1 Å². The fourth-order valence-corrected chi connectivity index (χ4v) is 10.5. The Hall–Kier alpha value is -7.05. The molecule has 0 saturated carbocycles. The van der Waals surface area contributed by atoms with Crippen LogP contribution in [-0.2, 0) is 10.8 Å². The lowest BCUT2D eigenvalue weighted by molar-refractivity contribution is 0.403. The van der Waals surface area contributed by atoms with E-state index in [1.165, 1.54) is 44.0 Å². The van der Waals surface area contributed by atoms with E-state index in [1.807, 2.05) is 42.5 Å². The summed E-state index contributed by atoms with van der Waals surface area (Å²) < 4.78 is 11.3. The highest BCUT2D eigenvalue weighted by Crippen LogP contribution is 2.53. The molecule has 0 bridgehead atoms. The highest BCUT2D eigenvalue weighted by Gasteiger charge is 2.43. The summed E-state index contributed by atoms with van der Waals surface area (Å²) in [4.78, 5) is 15.7. The summed E-state index contributed by atoms with van der Waals surface area (Å²) in [6.45, 7) is 9.60. The lowest BCUT2D eigenvalue weighted by atomic mass is 9.81. The molecule has 0 unspecified atom stereocenters. The maximum absolute atomic E-state index is 6.52. The van der Waals surface area contributed by atoms with Crippen LogP contribution >= 0.6 is 0 Å². The summed E-state index contributed by atoms with van der Waals surface area (Å²) in [6, 6.07) is 53.5. The Morgan fingerprint density at radius 3 is 1.84 bits per heavy atom. The topological polar surface area (TPSA) is 61.7 Å². The maximum atomic E-state index is 6.52. The molecule has 12 rings (SSSR count). The van der Waals surface area contributed by atoms with Crippen LogP contribution in [0.5, 0.6) is 0 Å². The summed E-state index contributed by atoms with van der Waals surface area (Å²) in [5.74, 6) is 1.71. The molecule has 1 aliphatic carbocycles. The highest BCUT2D eigenvalue weighted by molar-refractivity contribution is 6.29. The van der Waals surface area contributed by atoms with Gasteiger partial charge in [0, 0.05) is 37.9 Å². The number of fused-ring (bicyclic) bond motifs is 11.